The predicted molar refractivity (Wildman–Crippen MR) is 115 cm³/mol. The Labute approximate surface area is 177 Å². The molecule has 0 aromatic heterocycles. The van der Waals surface area contributed by atoms with E-state index in [2.05, 4.69) is 29.6 Å². The zero-order valence-corrected chi connectivity index (χ0v) is 17.5. The lowest BCUT2D eigenvalue weighted by molar-refractivity contribution is -0.148. The van der Waals surface area contributed by atoms with Crippen molar-refractivity contribution in [3.63, 3.8) is 0 Å². The van der Waals surface area contributed by atoms with Gasteiger partial charge in [0.1, 0.15) is 5.54 Å². The van der Waals surface area contributed by atoms with E-state index < -0.39 is 5.54 Å². The molecule has 29 heavy (non-hydrogen) atoms. The first-order valence-corrected chi connectivity index (χ1v) is 10.7. The summed E-state index contributed by atoms with van der Waals surface area (Å²) in [6.45, 7) is 0.198. The van der Waals surface area contributed by atoms with Gasteiger partial charge in [0.15, 0.2) is 0 Å². The fraction of sp³-hybridized carbons (Fsp3) is 0.458. The number of carbonyl (C=O) groups is 1. The van der Waals surface area contributed by atoms with Crippen LogP contribution in [0.25, 0.3) is 0 Å². The summed E-state index contributed by atoms with van der Waals surface area (Å²) in [4.78, 5) is 12.9. The van der Waals surface area contributed by atoms with Gasteiger partial charge in [0, 0.05) is 17.3 Å². The van der Waals surface area contributed by atoms with E-state index >= 15 is 0 Å². The van der Waals surface area contributed by atoms with E-state index in [4.69, 9.17) is 16.3 Å². The van der Waals surface area contributed by atoms with Crippen molar-refractivity contribution < 1.29 is 14.6 Å². The van der Waals surface area contributed by atoms with Gasteiger partial charge in [0.2, 0.25) is 0 Å². The molecule has 2 aliphatic rings. The highest BCUT2D eigenvalue weighted by atomic mass is 35.5. The molecule has 0 bridgehead atoms. The third kappa shape index (κ3) is 3.53. The second-order valence-corrected chi connectivity index (χ2v) is 8.87. The van der Waals surface area contributed by atoms with Crippen molar-refractivity contribution in [3.8, 4) is 0 Å². The number of anilines is 1. The zero-order valence-electron chi connectivity index (χ0n) is 16.8. The quantitative estimate of drug-likeness (QED) is 0.695. The van der Waals surface area contributed by atoms with Crippen molar-refractivity contribution in [3.05, 3.63) is 64.7 Å². The molecule has 1 saturated carbocycles. The Hall–Kier alpha value is -2.04. The first-order chi connectivity index (χ1) is 14.0. The summed E-state index contributed by atoms with van der Waals surface area (Å²) < 4.78 is 5.22. The molecule has 0 radical (unpaired) electrons. The largest absolute Gasteiger partial charge is 0.467 e. The predicted octanol–water partition coefficient (Wildman–Crippen LogP) is 4.73. The molecule has 2 aliphatic carbocycles. The van der Waals surface area contributed by atoms with E-state index in [-0.39, 0.29) is 18.0 Å². The maximum atomic E-state index is 12.9. The third-order valence-corrected chi connectivity index (χ3v) is 7.29. The Morgan fingerprint density at radius 3 is 2.62 bits per heavy atom. The van der Waals surface area contributed by atoms with Crippen molar-refractivity contribution in [2.45, 2.75) is 49.5 Å². The van der Waals surface area contributed by atoms with Crippen LogP contribution in [0.5, 0.6) is 0 Å². The number of halogens is 1. The molecule has 0 heterocycles. The molecule has 4 rings (SSSR count). The first-order valence-electron chi connectivity index (χ1n) is 10.3. The van der Waals surface area contributed by atoms with Gasteiger partial charge in [-0.05, 0) is 79.2 Å². The van der Waals surface area contributed by atoms with Crippen molar-refractivity contribution in [2.24, 2.45) is 5.92 Å². The smallest absolute Gasteiger partial charge is 0.331 e. The average Bonchev–Trinajstić information content (AvgIpc) is 3.03. The lowest BCUT2D eigenvalue weighted by Gasteiger charge is -2.47. The fourth-order valence-corrected chi connectivity index (χ4v) is 5.81. The molecule has 2 aromatic rings. The Morgan fingerprint density at radius 2 is 1.93 bits per heavy atom. The van der Waals surface area contributed by atoms with Crippen LogP contribution in [0.1, 0.15) is 43.2 Å². The van der Waals surface area contributed by atoms with Crippen LogP contribution in [0.3, 0.4) is 0 Å². The van der Waals surface area contributed by atoms with Crippen LogP contribution >= 0.6 is 11.6 Å². The average molecular weight is 414 g/mol. The summed E-state index contributed by atoms with van der Waals surface area (Å²) >= 11 is 6.15. The van der Waals surface area contributed by atoms with E-state index in [1.807, 2.05) is 24.3 Å². The van der Waals surface area contributed by atoms with Gasteiger partial charge < -0.3 is 15.2 Å². The lowest BCUT2D eigenvalue weighted by atomic mass is 9.60. The number of nitrogens with one attached hydrogen (secondary N) is 1. The summed E-state index contributed by atoms with van der Waals surface area (Å²) in [6.07, 6.45) is 4.94. The Kier molecular flexibility index (Phi) is 5.58. The zero-order chi connectivity index (χ0) is 20.5. The molecule has 1 fully saturated rings. The second-order valence-electron chi connectivity index (χ2n) is 8.44. The first kappa shape index (κ1) is 20.2. The van der Waals surface area contributed by atoms with Gasteiger partial charge in [-0.15, -0.1) is 0 Å². The normalized spacial score (nSPS) is 28.2. The van der Waals surface area contributed by atoms with E-state index in [1.165, 1.54) is 18.2 Å². The van der Waals surface area contributed by atoms with Gasteiger partial charge in [-0.25, -0.2) is 4.79 Å². The number of ether oxygens (including phenoxy) is 1. The van der Waals surface area contributed by atoms with Crippen LogP contribution in [0.4, 0.5) is 5.69 Å². The van der Waals surface area contributed by atoms with Crippen molar-refractivity contribution in [2.75, 3.05) is 19.0 Å². The van der Waals surface area contributed by atoms with Crippen molar-refractivity contribution in [1.29, 1.82) is 0 Å². The highest BCUT2D eigenvalue weighted by molar-refractivity contribution is 6.30. The molecular weight excluding hydrogens is 386 g/mol. The lowest BCUT2D eigenvalue weighted by Crippen LogP contribution is -2.53. The van der Waals surface area contributed by atoms with Gasteiger partial charge in [0.25, 0.3) is 0 Å². The molecule has 2 N–H and O–H groups in total. The minimum atomic E-state index is -0.758. The van der Waals surface area contributed by atoms with Crippen LogP contribution in [0.15, 0.2) is 48.5 Å². The van der Waals surface area contributed by atoms with E-state index in [1.54, 1.807) is 0 Å². The molecule has 154 valence electrons. The summed E-state index contributed by atoms with van der Waals surface area (Å²) in [5, 5.41) is 13.8. The van der Waals surface area contributed by atoms with E-state index in [0.717, 1.165) is 31.4 Å². The minimum Gasteiger partial charge on any atom is -0.467 e. The standard InChI is InChI=1S/C24H28ClNO3/c1-29-22(28)24(26-20-7-4-6-19(25)16-20)12-10-23(11-13-24)18(9-14-27)15-17-5-2-3-8-21(17)23/h2-8,16,18,26-27H,9-15H2,1H3. The van der Waals surface area contributed by atoms with E-state index in [9.17, 15) is 9.90 Å². The molecule has 2 aromatic carbocycles. The summed E-state index contributed by atoms with van der Waals surface area (Å²) in [5.74, 6) is 0.184. The molecular formula is C24H28ClNO3. The highest BCUT2D eigenvalue weighted by Gasteiger charge is 2.53. The molecule has 1 atom stereocenters. The highest BCUT2D eigenvalue weighted by Crippen LogP contribution is 2.55. The van der Waals surface area contributed by atoms with Crippen LogP contribution in [-0.4, -0.2) is 30.3 Å². The summed E-state index contributed by atoms with van der Waals surface area (Å²) in [5.41, 5.74) is 2.88. The molecule has 4 nitrogen and oxygen atoms in total. The van der Waals surface area contributed by atoms with Crippen LogP contribution < -0.4 is 5.32 Å². The third-order valence-electron chi connectivity index (χ3n) is 7.06. The number of carbonyl (C=O) groups excluding carboxylic acids is 1. The number of hydrogen-bond donors (Lipinski definition) is 2. The van der Waals surface area contributed by atoms with E-state index in [0.29, 0.717) is 23.8 Å². The van der Waals surface area contributed by atoms with Crippen LogP contribution in [-0.2, 0) is 21.4 Å². The topological polar surface area (TPSA) is 58.6 Å². The van der Waals surface area contributed by atoms with Gasteiger partial charge >= 0.3 is 5.97 Å². The number of esters is 1. The number of rotatable bonds is 5. The van der Waals surface area contributed by atoms with Gasteiger partial charge in [-0.1, -0.05) is 41.9 Å². The molecule has 1 unspecified atom stereocenters. The van der Waals surface area contributed by atoms with Crippen molar-refractivity contribution >= 4 is 23.3 Å². The maximum absolute atomic E-state index is 12.9. The monoisotopic (exact) mass is 413 g/mol. The number of benzene rings is 2. The molecule has 5 heteroatoms. The number of aliphatic hydroxyl groups is 1. The Bertz CT molecular complexity index is 889. The van der Waals surface area contributed by atoms with Gasteiger partial charge in [-0.2, -0.15) is 0 Å². The Morgan fingerprint density at radius 1 is 1.17 bits per heavy atom. The number of methoxy groups -OCH3 is 1. The minimum absolute atomic E-state index is 0.0207. The van der Waals surface area contributed by atoms with Crippen molar-refractivity contribution in [1.82, 2.24) is 0 Å². The van der Waals surface area contributed by atoms with Crippen LogP contribution in [0, 0.1) is 5.92 Å². The van der Waals surface area contributed by atoms with Gasteiger partial charge in [-0.3, -0.25) is 0 Å². The molecule has 0 saturated heterocycles. The molecule has 0 amide bonds. The number of hydrogen-bond acceptors (Lipinski definition) is 4. The number of fused-ring (bicyclic) bond motifs is 2. The summed E-state index contributed by atoms with van der Waals surface area (Å²) in [7, 11) is 1.45. The molecule has 0 aliphatic heterocycles. The fourth-order valence-electron chi connectivity index (χ4n) is 5.62. The van der Waals surface area contributed by atoms with Crippen LogP contribution in [0.2, 0.25) is 5.02 Å². The maximum Gasteiger partial charge on any atom is 0.331 e. The number of aliphatic hydroxyl groups excluding tert-OH is 1. The second kappa shape index (κ2) is 8.00. The Balaban J connectivity index is 1.64. The SMILES string of the molecule is COC(=O)C1(Nc2cccc(Cl)c2)CCC2(CC1)c1ccccc1CC2CCO. The summed E-state index contributed by atoms with van der Waals surface area (Å²) in [6, 6.07) is 16.1. The van der Waals surface area contributed by atoms with Gasteiger partial charge in [0.05, 0.1) is 7.11 Å². The molecule has 1 spiro atoms.